The zero-order valence-electron chi connectivity index (χ0n) is 14.0. The normalized spacial score (nSPS) is 12.3. The van der Waals surface area contributed by atoms with E-state index < -0.39 is 17.9 Å². The van der Waals surface area contributed by atoms with Gasteiger partial charge in [-0.25, -0.2) is 4.79 Å². The van der Waals surface area contributed by atoms with E-state index in [1.807, 2.05) is 24.3 Å². The number of rotatable bonds is 6. The molecule has 26 heavy (non-hydrogen) atoms. The van der Waals surface area contributed by atoms with Gasteiger partial charge < -0.3 is 21.1 Å². The van der Waals surface area contributed by atoms with Crippen molar-refractivity contribution < 1.29 is 14.7 Å². The molecule has 0 bridgehead atoms. The molecule has 3 aromatic rings. The van der Waals surface area contributed by atoms with Crippen LogP contribution in [0.1, 0.15) is 11.1 Å². The quantitative estimate of drug-likeness (QED) is 0.405. The Labute approximate surface area is 150 Å². The molecule has 1 heterocycles. The summed E-state index contributed by atoms with van der Waals surface area (Å²) in [4.78, 5) is 26.7. The van der Waals surface area contributed by atoms with Gasteiger partial charge in [-0.3, -0.25) is 4.79 Å². The molecule has 1 unspecified atom stereocenters. The van der Waals surface area contributed by atoms with Crippen molar-refractivity contribution in [2.45, 2.75) is 12.5 Å². The second kappa shape index (κ2) is 7.57. The van der Waals surface area contributed by atoms with E-state index in [4.69, 9.17) is 5.73 Å². The number of fused-ring (bicyclic) bond motifs is 1. The minimum atomic E-state index is -1.08. The number of aromatic amines is 1. The van der Waals surface area contributed by atoms with Gasteiger partial charge >= 0.3 is 5.97 Å². The molecule has 0 fully saturated rings. The summed E-state index contributed by atoms with van der Waals surface area (Å²) in [5, 5.41) is 12.9. The lowest BCUT2D eigenvalue weighted by molar-refractivity contribution is -0.141. The van der Waals surface area contributed by atoms with Crippen molar-refractivity contribution in [1.29, 1.82) is 0 Å². The molecular weight excluding hydrogens is 330 g/mol. The highest BCUT2D eigenvalue weighted by molar-refractivity contribution is 5.94. The molecule has 6 heteroatoms. The van der Waals surface area contributed by atoms with Crippen molar-refractivity contribution in [2.24, 2.45) is 0 Å². The minimum absolute atomic E-state index is 0.195. The smallest absolute Gasteiger partial charge is 0.326 e. The zero-order chi connectivity index (χ0) is 18.5. The average molecular weight is 349 g/mol. The molecule has 0 saturated heterocycles. The fraction of sp³-hybridized carbons (Fsp3) is 0.100. The number of para-hydroxylation sites is 1. The molecule has 0 spiro atoms. The third-order valence-corrected chi connectivity index (χ3v) is 4.08. The van der Waals surface area contributed by atoms with Crippen molar-refractivity contribution in [3.63, 3.8) is 0 Å². The molecule has 1 aromatic heterocycles. The Kier molecular flexibility index (Phi) is 5.03. The fourth-order valence-electron chi connectivity index (χ4n) is 2.72. The predicted molar refractivity (Wildman–Crippen MR) is 101 cm³/mol. The number of carbonyl (C=O) groups excluding carboxylic acids is 1. The number of nitrogens with two attached hydrogens (primary N) is 1. The Morgan fingerprint density at radius 3 is 2.62 bits per heavy atom. The van der Waals surface area contributed by atoms with Crippen molar-refractivity contribution in [1.82, 2.24) is 10.3 Å². The van der Waals surface area contributed by atoms with Crippen LogP contribution < -0.4 is 11.1 Å². The van der Waals surface area contributed by atoms with E-state index in [0.717, 1.165) is 22.0 Å². The maximum Gasteiger partial charge on any atom is 0.326 e. The van der Waals surface area contributed by atoms with Crippen LogP contribution in [0, 0.1) is 0 Å². The van der Waals surface area contributed by atoms with Crippen LogP contribution in [0.4, 0.5) is 5.69 Å². The first kappa shape index (κ1) is 17.3. The van der Waals surface area contributed by atoms with E-state index in [2.05, 4.69) is 10.3 Å². The third kappa shape index (κ3) is 4.10. The van der Waals surface area contributed by atoms with Crippen molar-refractivity contribution in [3.05, 3.63) is 71.9 Å². The van der Waals surface area contributed by atoms with Crippen LogP contribution >= 0.6 is 0 Å². The van der Waals surface area contributed by atoms with Crippen LogP contribution in [0.15, 0.2) is 60.8 Å². The highest BCUT2D eigenvalue weighted by Gasteiger charge is 2.21. The number of amides is 1. The van der Waals surface area contributed by atoms with E-state index in [0.29, 0.717) is 5.69 Å². The van der Waals surface area contributed by atoms with Gasteiger partial charge in [0.05, 0.1) is 0 Å². The number of carbonyl (C=O) groups is 2. The van der Waals surface area contributed by atoms with E-state index in [9.17, 15) is 14.7 Å². The van der Waals surface area contributed by atoms with Gasteiger partial charge in [0.15, 0.2) is 0 Å². The summed E-state index contributed by atoms with van der Waals surface area (Å²) in [5.41, 5.74) is 8.83. The number of benzene rings is 2. The van der Waals surface area contributed by atoms with Crippen molar-refractivity contribution in [2.75, 3.05) is 5.73 Å². The minimum Gasteiger partial charge on any atom is -0.480 e. The van der Waals surface area contributed by atoms with Crippen LogP contribution in [0.25, 0.3) is 17.0 Å². The van der Waals surface area contributed by atoms with Crippen LogP contribution in [0.3, 0.4) is 0 Å². The molecule has 5 N–H and O–H groups in total. The molecule has 2 aromatic carbocycles. The highest BCUT2D eigenvalue weighted by atomic mass is 16.4. The second-order valence-electron chi connectivity index (χ2n) is 5.96. The summed E-state index contributed by atoms with van der Waals surface area (Å²) in [6.07, 6.45) is 4.90. The van der Waals surface area contributed by atoms with Gasteiger partial charge in [-0.2, -0.15) is 0 Å². The number of aromatic nitrogens is 1. The molecule has 132 valence electrons. The standard InChI is InChI=1S/C20H19N3O3/c21-15-8-5-13(6-9-15)7-10-19(24)23-18(20(25)26)11-14-12-22-17-4-2-1-3-16(14)17/h1-10,12,18,22H,11,21H2,(H,23,24)(H,25,26)/b10-7+. The van der Waals surface area contributed by atoms with Gasteiger partial charge in [0, 0.05) is 35.3 Å². The number of carboxylic acid groups (broad SMARTS) is 1. The Morgan fingerprint density at radius 1 is 1.15 bits per heavy atom. The Balaban J connectivity index is 1.69. The summed E-state index contributed by atoms with van der Waals surface area (Å²) < 4.78 is 0. The lowest BCUT2D eigenvalue weighted by Crippen LogP contribution is -2.41. The molecule has 6 nitrogen and oxygen atoms in total. The van der Waals surface area contributed by atoms with Crippen LogP contribution in [0.5, 0.6) is 0 Å². The molecular formula is C20H19N3O3. The molecule has 0 aliphatic heterocycles. The molecule has 0 aliphatic carbocycles. The first-order chi connectivity index (χ1) is 12.5. The summed E-state index contributed by atoms with van der Waals surface area (Å²) >= 11 is 0. The SMILES string of the molecule is Nc1ccc(/C=C/C(=O)NC(Cc2c[nH]c3ccccc23)C(=O)O)cc1. The van der Waals surface area contributed by atoms with Crippen LogP contribution in [0.2, 0.25) is 0 Å². The summed E-state index contributed by atoms with van der Waals surface area (Å²) in [6, 6.07) is 13.6. The molecule has 0 aliphatic rings. The van der Waals surface area contributed by atoms with Gasteiger partial charge in [-0.05, 0) is 35.4 Å². The number of H-pyrrole nitrogens is 1. The second-order valence-corrected chi connectivity index (χ2v) is 5.96. The Morgan fingerprint density at radius 2 is 1.88 bits per heavy atom. The highest BCUT2D eigenvalue weighted by Crippen LogP contribution is 2.19. The first-order valence-electron chi connectivity index (χ1n) is 8.15. The maximum absolute atomic E-state index is 12.1. The summed E-state index contributed by atoms with van der Waals surface area (Å²) in [5.74, 6) is -1.54. The van der Waals surface area contributed by atoms with E-state index in [1.54, 1.807) is 36.5 Å². The van der Waals surface area contributed by atoms with Crippen molar-refractivity contribution in [3.8, 4) is 0 Å². The van der Waals surface area contributed by atoms with Gasteiger partial charge in [-0.15, -0.1) is 0 Å². The zero-order valence-corrected chi connectivity index (χ0v) is 14.0. The van der Waals surface area contributed by atoms with Crippen LogP contribution in [-0.4, -0.2) is 28.0 Å². The number of nitrogens with one attached hydrogen (secondary N) is 2. The lowest BCUT2D eigenvalue weighted by Gasteiger charge is -2.12. The summed E-state index contributed by atoms with van der Waals surface area (Å²) in [7, 11) is 0. The van der Waals surface area contributed by atoms with E-state index in [1.165, 1.54) is 6.08 Å². The molecule has 3 rings (SSSR count). The monoisotopic (exact) mass is 349 g/mol. The topological polar surface area (TPSA) is 108 Å². The van der Waals surface area contributed by atoms with E-state index >= 15 is 0 Å². The van der Waals surface area contributed by atoms with Crippen molar-refractivity contribution >= 4 is 34.5 Å². The molecule has 1 amide bonds. The Hall–Kier alpha value is -3.54. The lowest BCUT2D eigenvalue weighted by atomic mass is 10.0. The molecule has 1 atom stereocenters. The third-order valence-electron chi connectivity index (χ3n) is 4.08. The Bertz CT molecular complexity index is 958. The molecule has 0 saturated carbocycles. The largest absolute Gasteiger partial charge is 0.480 e. The number of carboxylic acids is 1. The summed E-state index contributed by atoms with van der Waals surface area (Å²) in [6.45, 7) is 0. The van der Waals surface area contributed by atoms with Gasteiger partial charge in [0.2, 0.25) is 5.91 Å². The number of aliphatic carboxylic acids is 1. The number of hydrogen-bond donors (Lipinski definition) is 4. The number of nitrogen functional groups attached to an aromatic ring is 1. The fourth-order valence-corrected chi connectivity index (χ4v) is 2.72. The number of anilines is 1. The first-order valence-corrected chi connectivity index (χ1v) is 8.15. The van der Waals surface area contributed by atoms with Gasteiger partial charge in [-0.1, -0.05) is 30.3 Å². The maximum atomic E-state index is 12.1. The van der Waals surface area contributed by atoms with Crippen LogP contribution in [-0.2, 0) is 16.0 Å². The molecule has 0 radical (unpaired) electrons. The predicted octanol–water partition coefficient (Wildman–Crippen LogP) is 2.58. The van der Waals surface area contributed by atoms with Gasteiger partial charge in [0.25, 0.3) is 0 Å². The average Bonchev–Trinajstić information content (AvgIpc) is 3.04. The van der Waals surface area contributed by atoms with Gasteiger partial charge in [0.1, 0.15) is 6.04 Å². The number of hydrogen-bond acceptors (Lipinski definition) is 3. The van der Waals surface area contributed by atoms with E-state index in [-0.39, 0.29) is 6.42 Å².